The minimum absolute atomic E-state index is 0.0970. The molecule has 3 aromatic carbocycles. The Hall–Kier alpha value is -5.14. The van der Waals surface area contributed by atoms with Crippen LogP contribution in [0.4, 0.5) is 4.79 Å². The topological polar surface area (TPSA) is 138 Å². The lowest BCUT2D eigenvalue weighted by Gasteiger charge is -2.17. The third-order valence-electron chi connectivity index (χ3n) is 9.36. The van der Waals surface area contributed by atoms with E-state index in [-0.39, 0.29) is 24.9 Å². The molecule has 4 aromatic rings. The van der Waals surface area contributed by atoms with Crippen molar-refractivity contribution >= 4 is 29.3 Å². The molecule has 9 nitrogen and oxygen atoms in total. The van der Waals surface area contributed by atoms with Crippen molar-refractivity contribution in [3.8, 4) is 22.9 Å². The Morgan fingerprint density at radius 1 is 0.769 bits per heavy atom. The summed E-state index contributed by atoms with van der Waals surface area (Å²) in [7, 11) is 0. The summed E-state index contributed by atoms with van der Waals surface area (Å²) in [5.41, 5.74) is 5.22. The molecular weight excluding hydrogens is 675 g/mol. The molecule has 5 rings (SSSR count). The SMILES string of the molecule is N#Cc1ccc(C(=O)NCCCCCCCCCCCCOc2ccc(C[C@H](NC(=O)OCC3c4ccccc4-c4ccccc43)C(=O)O)cc2)s1. The zero-order chi connectivity index (χ0) is 36.5. The fraction of sp³-hybridized carbons (Fsp3) is 0.381. The van der Waals surface area contributed by atoms with Crippen LogP contribution in [0.3, 0.4) is 0 Å². The number of alkyl carbamates (subject to hydrolysis) is 1. The highest BCUT2D eigenvalue weighted by atomic mass is 32.1. The van der Waals surface area contributed by atoms with Crippen molar-refractivity contribution in [2.45, 2.75) is 82.6 Å². The van der Waals surface area contributed by atoms with Gasteiger partial charge >= 0.3 is 12.1 Å². The lowest BCUT2D eigenvalue weighted by Crippen LogP contribution is -2.42. The lowest BCUT2D eigenvalue weighted by molar-refractivity contribution is -0.139. The number of nitriles is 1. The third kappa shape index (κ3) is 11.2. The van der Waals surface area contributed by atoms with Gasteiger partial charge in [0.05, 0.1) is 11.5 Å². The van der Waals surface area contributed by atoms with Crippen LogP contribution in [-0.4, -0.2) is 48.9 Å². The first-order valence-corrected chi connectivity index (χ1v) is 19.1. The maximum atomic E-state index is 12.7. The van der Waals surface area contributed by atoms with Gasteiger partial charge in [-0.25, -0.2) is 9.59 Å². The minimum atomic E-state index is -1.13. The highest BCUT2D eigenvalue weighted by molar-refractivity contribution is 7.14. The molecule has 52 heavy (non-hydrogen) atoms. The number of nitrogens with zero attached hydrogens (tertiary/aromatic N) is 1. The highest BCUT2D eigenvalue weighted by Crippen LogP contribution is 2.44. The number of carboxylic acids is 1. The van der Waals surface area contributed by atoms with Gasteiger partial charge in [-0.1, -0.05) is 112 Å². The van der Waals surface area contributed by atoms with Gasteiger partial charge in [0.1, 0.15) is 29.3 Å². The number of benzene rings is 3. The molecule has 0 radical (unpaired) electrons. The Kier molecular flexibility index (Phi) is 14.7. The second-order valence-electron chi connectivity index (χ2n) is 13.1. The first-order chi connectivity index (χ1) is 25.4. The number of hydrogen-bond donors (Lipinski definition) is 3. The number of rotatable bonds is 21. The minimum Gasteiger partial charge on any atom is -0.494 e. The molecule has 0 bridgehead atoms. The van der Waals surface area contributed by atoms with E-state index in [1.165, 1.54) is 49.9 Å². The lowest BCUT2D eigenvalue weighted by atomic mass is 9.98. The number of carbonyl (C=O) groups is 3. The van der Waals surface area contributed by atoms with E-state index in [1.54, 1.807) is 12.1 Å². The molecule has 1 atom stereocenters. The summed E-state index contributed by atoms with van der Waals surface area (Å²) in [4.78, 5) is 37.9. The van der Waals surface area contributed by atoms with E-state index < -0.39 is 18.1 Å². The number of carbonyl (C=O) groups excluding carboxylic acids is 2. The van der Waals surface area contributed by atoms with Crippen molar-refractivity contribution in [1.82, 2.24) is 10.6 Å². The zero-order valence-electron chi connectivity index (χ0n) is 29.5. The van der Waals surface area contributed by atoms with Crippen molar-refractivity contribution in [3.05, 3.63) is 111 Å². The van der Waals surface area contributed by atoms with Gasteiger partial charge in [0, 0.05) is 18.9 Å². The Balaban J connectivity index is 0.891. The average Bonchev–Trinajstić information content (AvgIpc) is 3.77. The molecule has 0 spiro atoms. The van der Waals surface area contributed by atoms with Gasteiger partial charge < -0.3 is 25.2 Å². The van der Waals surface area contributed by atoms with Crippen LogP contribution in [0, 0.1) is 11.3 Å². The van der Waals surface area contributed by atoms with Crippen molar-refractivity contribution in [1.29, 1.82) is 5.26 Å². The van der Waals surface area contributed by atoms with Gasteiger partial charge in [0.2, 0.25) is 0 Å². The van der Waals surface area contributed by atoms with Gasteiger partial charge in [-0.05, 0) is 64.9 Å². The summed E-state index contributed by atoms with van der Waals surface area (Å²) in [5.74, 6) is -0.590. The second-order valence-corrected chi connectivity index (χ2v) is 14.2. The van der Waals surface area contributed by atoms with Crippen LogP contribution in [0.2, 0.25) is 0 Å². The van der Waals surface area contributed by atoms with Gasteiger partial charge in [-0.3, -0.25) is 4.79 Å². The summed E-state index contributed by atoms with van der Waals surface area (Å²) in [5, 5.41) is 24.1. The number of thiophene rings is 1. The van der Waals surface area contributed by atoms with E-state index in [2.05, 4.69) is 28.8 Å². The van der Waals surface area contributed by atoms with Crippen LogP contribution in [-0.2, 0) is 16.0 Å². The fourth-order valence-corrected chi connectivity index (χ4v) is 7.30. The maximum absolute atomic E-state index is 12.7. The molecule has 0 unspecified atom stereocenters. The number of nitrogens with one attached hydrogen (secondary N) is 2. The molecule has 0 aliphatic heterocycles. The van der Waals surface area contributed by atoms with Gasteiger partial charge in [0.15, 0.2) is 0 Å². The number of carboxylic acid groups (broad SMARTS) is 1. The molecule has 1 aromatic heterocycles. The summed E-state index contributed by atoms with van der Waals surface area (Å²) in [6.45, 7) is 1.41. The molecule has 0 saturated heterocycles. The largest absolute Gasteiger partial charge is 0.494 e. The Morgan fingerprint density at radius 3 is 1.96 bits per heavy atom. The second kappa shape index (κ2) is 20.0. The van der Waals surface area contributed by atoms with Gasteiger partial charge in [-0.2, -0.15) is 5.26 Å². The van der Waals surface area contributed by atoms with E-state index in [0.29, 0.717) is 22.9 Å². The molecular formula is C42H47N3O6S. The normalized spacial score (nSPS) is 12.3. The molecule has 1 aliphatic rings. The summed E-state index contributed by atoms with van der Waals surface area (Å²) in [6, 6.07) is 27.8. The first kappa shape index (κ1) is 38.1. The van der Waals surface area contributed by atoms with Crippen molar-refractivity contribution < 1.29 is 29.0 Å². The van der Waals surface area contributed by atoms with Gasteiger partial charge in [-0.15, -0.1) is 11.3 Å². The number of ether oxygens (including phenoxy) is 2. The van der Waals surface area contributed by atoms with Crippen LogP contribution >= 0.6 is 11.3 Å². The number of hydrogen-bond acceptors (Lipinski definition) is 7. The Bertz CT molecular complexity index is 1770. The Labute approximate surface area is 310 Å². The summed E-state index contributed by atoms with van der Waals surface area (Å²) < 4.78 is 11.5. The molecule has 3 N–H and O–H groups in total. The van der Waals surface area contributed by atoms with Crippen LogP contribution in [0.25, 0.3) is 11.1 Å². The van der Waals surface area contributed by atoms with Crippen molar-refractivity contribution in [2.75, 3.05) is 19.8 Å². The van der Waals surface area contributed by atoms with Crippen LogP contribution in [0.15, 0.2) is 84.9 Å². The molecule has 2 amide bonds. The molecule has 1 aliphatic carbocycles. The smallest absolute Gasteiger partial charge is 0.407 e. The average molecular weight is 722 g/mol. The zero-order valence-corrected chi connectivity index (χ0v) is 30.3. The van der Waals surface area contributed by atoms with E-state index in [0.717, 1.165) is 59.3 Å². The van der Waals surface area contributed by atoms with E-state index in [4.69, 9.17) is 14.7 Å². The monoisotopic (exact) mass is 721 g/mol. The van der Waals surface area contributed by atoms with E-state index in [1.807, 2.05) is 60.7 Å². The number of amides is 2. The van der Waals surface area contributed by atoms with Gasteiger partial charge in [0.25, 0.3) is 5.91 Å². The van der Waals surface area contributed by atoms with E-state index >= 15 is 0 Å². The summed E-state index contributed by atoms with van der Waals surface area (Å²) in [6.07, 6.45) is 10.8. The molecule has 10 heteroatoms. The third-order valence-corrected chi connectivity index (χ3v) is 10.4. The predicted molar refractivity (Wildman–Crippen MR) is 203 cm³/mol. The van der Waals surface area contributed by atoms with Crippen LogP contribution in [0.1, 0.15) is 101 Å². The molecule has 0 fully saturated rings. The maximum Gasteiger partial charge on any atom is 0.407 e. The number of unbranched alkanes of at least 4 members (excludes halogenated alkanes) is 9. The van der Waals surface area contributed by atoms with E-state index in [9.17, 15) is 19.5 Å². The molecule has 1 heterocycles. The number of aliphatic carboxylic acids is 1. The van der Waals surface area contributed by atoms with Crippen LogP contribution < -0.4 is 15.4 Å². The fourth-order valence-electron chi connectivity index (χ4n) is 6.58. The standard InChI is InChI=1S/C42H47N3O6S/c43-28-32-23-24-39(52-32)40(46)44-25-13-7-5-3-1-2-4-6-8-14-26-50-31-21-19-30(20-22-31)27-38(41(47)48)45-42(49)51-29-37-35-17-11-9-15-33(35)34-16-10-12-18-36(34)37/h9-12,15-24,37-38H,1-8,13-14,25-27,29H2,(H,44,46)(H,45,49)(H,47,48)/t38-/m0/s1. The van der Waals surface area contributed by atoms with Crippen molar-refractivity contribution in [2.24, 2.45) is 0 Å². The Morgan fingerprint density at radius 2 is 1.37 bits per heavy atom. The molecule has 0 saturated carbocycles. The first-order valence-electron chi connectivity index (χ1n) is 18.3. The predicted octanol–water partition coefficient (Wildman–Crippen LogP) is 8.86. The quantitative estimate of drug-likeness (QED) is 0.0731. The highest BCUT2D eigenvalue weighted by Gasteiger charge is 2.30. The van der Waals surface area contributed by atoms with Crippen molar-refractivity contribution in [3.63, 3.8) is 0 Å². The van der Waals surface area contributed by atoms with Crippen LogP contribution in [0.5, 0.6) is 5.75 Å². The number of fused-ring (bicyclic) bond motifs is 3. The summed E-state index contributed by atoms with van der Waals surface area (Å²) >= 11 is 1.22. The molecule has 272 valence electrons.